The third-order valence-corrected chi connectivity index (χ3v) is 3.93. The van der Waals surface area contributed by atoms with Crippen molar-refractivity contribution in [1.82, 2.24) is 0 Å². The highest BCUT2D eigenvalue weighted by atomic mass is 35.5. The molecule has 0 bridgehead atoms. The molecule has 1 N–H and O–H groups in total. The average molecular weight is 380 g/mol. The monoisotopic (exact) mass is 379 g/mol. The average Bonchev–Trinajstić information content (AvgIpc) is 2.57. The molecule has 0 saturated carbocycles. The van der Waals surface area contributed by atoms with Crippen LogP contribution < -0.4 is 5.32 Å². The Morgan fingerprint density at radius 1 is 1.04 bits per heavy atom. The summed E-state index contributed by atoms with van der Waals surface area (Å²) in [5, 5.41) is 3.12. The van der Waals surface area contributed by atoms with Crippen LogP contribution in [0.15, 0.2) is 42.5 Å². The molecule has 130 valence electrons. The molecule has 0 aliphatic carbocycles. The van der Waals surface area contributed by atoms with Gasteiger partial charge in [0.15, 0.2) is 11.9 Å². The van der Waals surface area contributed by atoms with E-state index in [1.807, 2.05) is 0 Å². The molecule has 7 heteroatoms. The Morgan fingerprint density at radius 3 is 2.28 bits per heavy atom. The summed E-state index contributed by atoms with van der Waals surface area (Å²) in [7, 11) is 0. The maximum absolute atomic E-state index is 12.1. The van der Waals surface area contributed by atoms with Crippen LogP contribution in [-0.2, 0) is 9.53 Å². The second-order valence-corrected chi connectivity index (χ2v) is 6.14. The Bertz CT molecular complexity index is 818. The number of halogens is 2. The van der Waals surface area contributed by atoms with Crippen LogP contribution in [0.5, 0.6) is 0 Å². The van der Waals surface area contributed by atoms with E-state index in [1.165, 1.54) is 26.0 Å². The van der Waals surface area contributed by atoms with Gasteiger partial charge in [-0.05, 0) is 56.3 Å². The Morgan fingerprint density at radius 2 is 1.68 bits per heavy atom. The van der Waals surface area contributed by atoms with E-state index in [2.05, 4.69) is 5.32 Å². The summed E-state index contributed by atoms with van der Waals surface area (Å²) in [6.45, 7) is 2.89. The molecule has 0 saturated heterocycles. The number of amides is 1. The lowest BCUT2D eigenvalue weighted by Crippen LogP contribution is -2.30. The van der Waals surface area contributed by atoms with Gasteiger partial charge in [0.25, 0.3) is 5.91 Å². The first-order valence-electron chi connectivity index (χ1n) is 7.36. The van der Waals surface area contributed by atoms with Gasteiger partial charge in [0.1, 0.15) is 0 Å². The molecule has 5 nitrogen and oxygen atoms in total. The summed E-state index contributed by atoms with van der Waals surface area (Å²) in [5.41, 5.74) is 1.10. The van der Waals surface area contributed by atoms with Crippen LogP contribution in [-0.4, -0.2) is 23.8 Å². The number of Topliss-reactive ketones (excluding diaryl/α,β-unsaturated/α-hetero) is 1. The molecule has 1 amide bonds. The third-order valence-electron chi connectivity index (χ3n) is 3.36. The molecule has 0 aliphatic heterocycles. The van der Waals surface area contributed by atoms with Crippen LogP contribution in [0.3, 0.4) is 0 Å². The van der Waals surface area contributed by atoms with Crippen molar-refractivity contribution < 1.29 is 19.1 Å². The lowest BCUT2D eigenvalue weighted by molar-refractivity contribution is -0.123. The highest BCUT2D eigenvalue weighted by Gasteiger charge is 2.21. The van der Waals surface area contributed by atoms with Gasteiger partial charge in [-0.3, -0.25) is 9.59 Å². The van der Waals surface area contributed by atoms with Crippen molar-refractivity contribution in [2.75, 3.05) is 5.32 Å². The molecule has 0 unspecified atom stereocenters. The van der Waals surface area contributed by atoms with Gasteiger partial charge in [-0.1, -0.05) is 23.2 Å². The van der Waals surface area contributed by atoms with Crippen LogP contribution >= 0.6 is 23.2 Å². The van der Waals surface area contributed by atoms with Crippen LogP contribution in [0.4, 0.5) is 5.69 Å². The van der Waals surface area contributed by atoms with Crippen molar-refractivity contribution in [3.63, 3.8) is 0 Å². The number of nitrogens with one attached hydrogen (secondary N) is 1. The first-order valence-corrected chi connectivity index (χ1v) is 8.11. The van der Waals surface area contributed by atoms with Crippen molar-refractivity contribution in [2.24, 2.45) is 0 Å². The van der Waals surface area contributed by atoms with Crippen molar-refractivity contribution in [2.45, 2.75) is 20.0 Å². The molecule has 2 rings (SSSR count). The van der Waals surface area contributed by atoms with Crippen LogP contribution in [0.25, 0.3) is 0 Å². The molecule has 0 aliphatic rings. The lowest BCUT2D eigenvalue weighted by Gasteiger charge is -2.14. The van der Waals surface area contributed by atoms with Crippen LogP contribution in [0.1, 0.15) is 34.6 Å². The fourth-order valence-electron chi connectivity index (χ4n) is 1.96. The normalized spacial score (nSPS) is 11.5. The van der Waals surface area contributed by atoms with E-state index in [4.69, 9.17) is 27.9 Å². The Balaban J connectivity index is 2.01. The van der Waals surface area contributed by atoms with Crippen molar-refractivity contribution in [1.29, 1.82) is 0 Å². The Kier molecular flexibility index (Phi) is 6.17. The standard InChI is InChI=1S/C18H15Cl2NO4/c1-10(22)12-3-6-14(7-4-12)21-17(23)11(2)25-18(24)15-9-13(19)5-8-16(15)20/h3-9,11H,1-2H3,(H,21,23)/t11-/m0/s1. The minimum absolute atomic E-state index is 0.0708. The molecule has 1 atom stereocenters. The predicted octanol–water partition coefficient (Wildman–Crippen LogP) is 4.38. The number of esters is 1. The number of benzene rings is 2. The Hall–Kier alpha value is -2.37. The molecule has 2 aromatic rings. The van der Waals surface area contributed by atoms with Gasteiger partial charge in [-0.15, -0.1) is 0 Å². The van der Waals surface area contributed by atoms with E-state index in [0.29, 0.717) is 16.3 Å². The maximum Gasteiger partial charge on any atom is 0.340 e. The summed E-state index contributed by atoms with van der Waals surface area (Å²) in [6.07, 6.45) is -1.05. The molecule has 25 heavy (non-hydrogen) atoms. The van der Waals surface area contributed by atoms with Crippen molar-refractivity contribution in [3.05, 3.63) is 63.6 Å². The number of rotatable bonds is 5. The van der Waals surface area contributed by atoms with Gasteiger partial charge < -0.3 is 10.1 Å². The van der Waals surface area contributed by atoms with Gasteiger partial charge in [-0.25, -0.2) is 4.79 Å². The molecule has 2 aromatic carbocycles. The second kappa shape index (κ2) is 8.14. The SMILES string of the molecule is CC(=O)c1ccc(NC(=O)[C@H](C)OC(=O)c2cc(Cl)ccc2Cl)cc1. The van der Waals surface area contributed by atoms with E-state index in [0.717, 1.165) is 0 Å². The van der Waals surface area contributed by atoms with Gasteiger partial charge in [0.2, 0.25) is 0 Å². The number of anilines is 1. The second-order valence-electron chi connectivity index (χ2n) is 5.29. The number of carbonyl (C=O) groups excluding carboxylic acids is 3. The largest absolute Gasteiger partial charge is 0.449 e. The van der Waals surface area contributed by atoms with E-state index in [1.54, 1.807) is 30.3 Å². The maximum atomic E-state index is 12.1. The lowest BCUT2D eigenvalue weighted by atomic mass is 10.1. The summed E-state index contributed by atoms with van der Waals surface area (Å²) in [5.74, 6) is -1.33. The van der Waals surface area contributed by atoms with Crippen molar-refractivity contribution in [3.8, 4) is 0 Å². The predicted molar refractivity (Wildman–Crippen MR) is 96.4 cm³/mol. The molecule has 0 radical (unpaired) electrons. The summed E-state index contributed by atoms with van der Waals surface area (Å²) in [6, 6.07) is 10.8. The van der Waals surface area contributed by atoms with Gasteiger partial charge in [0.05, 0.1) is 10.6 Å². The first kappa shape index (κ1) is 19.0. The summed E-state index contributed by atoms with van der Waals surface area (Å²) < 4.78 is 5.12. The zero-order chi connectivity index (χ0) is 18.6. The molecular formula is C18H15Cl2NO4. The van der Waals surface area contributed by atoms with Gasteiger partial charge in [0, 0.05) is 16.3 Å². The highest BCUT2D eigenvalue weighted by molar-refractivity contribution is 6.35. The third kappa shape index (κ3) is 5.05. The molecular weight excluding hydrogens is 365 g/mol. The van der Waals surface area contributed by atoms with Gasteiger partial charge in [-0.2, -0.15) is 0 Å². The topological polar surface area (TPSA) is 72.5 Å². The van der Waals surface area contributed by atoms with E-state index >= 15 is 0 Å². The quantitative estimate of drug-likeness (QED) is 0.617. The fourth-order valence-corrected chi connectivity index (χ4v) is 2.33. The number of ketones is 1. The minimum Gasteiger partial charge on any atom is -0.449 e. The minimum atomic E-state index is -1.05. The number of hydrogen-bond acceptors (Lipinski definition) is 4. The van der Waals surface area contributed by atoms with Crippen LogP contribution in [0, 0.1) is 0 Å². The van der Waals surface area contributed by atoms with E-state index in [9.17, 15) is 14.4 Å². The number of hydrogen-bond donors (Lipinski definition) is 1. The fraction of sp³-hybridized carbons (Fsp3) is 0.167. The Labute approximate surface area is 154 Å². The summed E-state index contributed by atoms with van der Waals surface area (Å²) in [4.78, 5) is 35.5. The molecule has 0 fully saturated rings. The van der Waals surface area contributed by atoms with E-state index < -0.39 is 18.0 Å². The van der Waals surface area contributed by atoms with E-state index in [-0.39, 0.29) is 16.4 Å². The summed E-state index contributed by atoms with van der Waals surface area (Å²) >= 11 is 11.8. The van der Waals surface area contributed by atoms with Gasteiger partial charge >= 0.3 is 5.97 Å². The highest BCUT2D eigenvalue weighted by Crippen LogP contribution is 2.22. The van der Waals surface area contributed by atoms with Crippen LogP contribution in [0.2, 0.25) is 10.0 Å². The molecule has 0 aromatic heterocycles. The zero-order valence-electron chi connectivity index (χ0n) is 13.5. The number of ether oxygens (including phenoxy) is 1. The molecule has 0 heterocycles. The zero-order valence-corrected chi connectivity index (χ0v) is 15.0. The first-order chi connectivity index (χ1) is 11.8. The molecule has 0 spiro atoms. The number of carbonyl (C=O) groups is 3. The smallest absolute Gasteiger partial charge is 0.340 e. The van der Waals surface area contributed by atoms with Crippen molar-refractivity contribution >= 4 is 46.5 Å².